The van der Waals surface area contributed by atoms with Gasteiger partial charge in [0.25, 0.3) is 0 Å². The van der Waals surface area contributed by atoms with Gasteiger partial charge >= 0.3 is 0 Å². The summed E-state index contributed by atoms with van der Waals surface area (Å²) in [6, 6.07) is 4.24. The van der Waals surface area contributed by atoms with Crippen LogP contribution in [0.1, 0.15) is 36.6 Å². The minimum absolute atomic E-state index is 0.175. The molecule has 0 aliphatic heterocycles. The number of nitrogens with zero attached hydrogens (tertiary/aromatic N) is 3. The molecule has 0 spiro atoms. The van der Waals surface area contributed by atoms with Crippen molar-refractivity contribution in [2.45, 2.75) is 32.6 Å². The number of aliphatic hydroxyl groups is 1. The lowest BCUT2D eigenvalue weighted by Gasteiger charge is -2.20. The highest BCUT2D eigenvalue weighted by Crippen LogP contribution is 2.24. The number of aromatic nitrogens is 1. The molecule has 114 valence electrons. The maximum absolute atomic E-state index is 9.29. The molecule has 1 aliphatic carbocycles. The molecule has 0 saturated heterocycles. The lowest BCUT2D eigenvalue weighted by Crippen LogP contribution is -2.31. The van der Waals surface area contributed by atoms with Gasteiger partial charge in [-0.05, 0) is 43.9 Å². The van der Waals surface area contributed by atoms with E-state index in [9.17, 15) is 5.26 Å². The van der Waals surface area contributed by atoms with Gasteiger partial charge in [-0.2, -0.15) is 5.26 Å². The first kappa shape index (κ1) is 15.7. The molecule has 1 heterocycles. The largest absolute Gasteiger partial charge is 0.395 e. The van der Waals surface area contributed by atoms with E-state index in [1.54, 1.807) is 0 Å². The number of pyridine rings is 1. The maximum atomic E-state index is 9.29. The molecule has 2 N–H and O–H groups in total. The lowest BCUT2D eigenvalue weighted by atomic mass is 9.95. The third-order valence-corrected chi connectivity index (χ3v) is 4.01. The van der Waals surface area contributed by atoms with Gasteiger partial charge < -0.3 is 10.4 Å². The van der Waals surface area contributed by atoms with Crippen LogP contribution >= 0.6 is 0 Å². The second-order valence-corrected chi connectivity index (χ2v) is 5.39. The fourth-order valence-electron chi connectivity index (χ4n) is 2.76. The Hall–Kier alpha value is -1.64. The predicted molar refractivity (Wildman–Crippen MR) is 83.3 cm³/mol. The summed E-state index contributed by atoms with van der Waals surface area (Å²) < 4.78 is 0. The molecule has 5 nitrogen and oxygen atoms in total. The molecule has 2 rings (SSSR count). The van der Waals surface area contributed by atoms with Crippen molar-refractivity contribution in [3.05, 3.63) is 22.9 Å². The monoisotopic (exact) mass is 288 g/mol. The first-order valence-electron chi connectivity index (χ1n) is 7.78. The molecule has 1 aliphatic rings. The highest BCUT2D eigenvalue weighted by atomic mass is 16.3. The third-order valence-electron chi connectivity index (χ3n) is 4.01. The highest BCUT2D eigenvalue weighted by Gasteiger charge is 2.15. The summed E-state index contributed by atoms with van der Waals surface area (Å²) >= 11 is 0. The number of rotatable bonds is 7. The van der Waals surface area contributed by atoms with Crippen molar-refractivity contribution in [3.8, 4) is 6.07 Å². The fraction of sp³-hybridized carbons (Fsp3) is 0.625. The zero-order chi connectivity index (χ0) is 15.1. The Bertz CT molecular complexity index is 510. The summed E-state index contributed by atoms with van der Waals surface area (Å²) in [6.07, 6.45) is 4.43. The molecule has 1 aromatic heterocycles. The van der Waals surface area contributed by atoms with Gasteiger partial charge in [-0.25, -0.2) is 4.98 Å². The molecule has 0 radical (unpaired) electrons. The SMILES string of the molecule is CCN(CCO)CCNc1nc2c(cc1C#N)CCCC2. The van der Waals surface area contributed by atoms with Gasteiger partial charge in [-0.15, -0.1) is 0 Å². The Morgan fingerprint density at radius 2 is 2.19 bits per heavy atom. The van der Waals surface area contributed by atoms with E-state index in [1.807, 2.05) is 6.07 Å². The summed E-state index contributed by atoms with van der Waals surface area (Å²) in [5.74, 6) is 0.707. The van der Waals surface area contributed by atoms with Crippen molar-refractivity contribution in [3.63, 3.8) is 0 Å². The topological polar surface area (TPSA) is 72.2 Å². The van der Waals surface area contributed by atoms with Crippen molar-refractivity contribution in [2.24, 2.45) is 0 Å². The number of nitriles is 1. The van der Waals surface area contributed by atoms with Crippen LogP contribution in [0.25, 0.3) is 0 Å². The average molecular weight is 288 g/mol. The van der Waals surface area contributed by atoms with Crippen LogP contribution in [0, 0.1) is 11.3 Å². The normalized spacial score (nSPS) is 13.8. The summed E-state index contributed by atoms with van der Waals surface area (Å²) in [7, 11) is 0. The molecular formula is C16H24N4O. The second kappa shape index (κ2) is 7.96. The zero-order valence-electron chi connectivity index (χ0n) is 12.7. The smallest absolute Gasteiger partial charge is 0.144 e. The van der Waals surface area contributed by atoms with Crippen molar-refractivity contribution in [1.29, 1.82) is 5.26 Å². The molecule has 0 fully saturated rings. The molecule has 0 aromatic carbocycles. The summed E-state index contributed by atoms with van der Waals surface area (Å²) in [5, 5.41) is 21.5. The van der Waals surface area contributed by atoms with Crippen LogP contribution in [-0.2, 0) is 12.8 Å². The van der Waals surface area contributed by atoms with E-state index in [0.29, 0.717) is 17.9 Å². The van der Waals surface area contributed by atoms with E-state index in [0.717, 1.165) is 38.2 Å². The summed E-state index contributed by atoms with van der Waals surface area (Å²) in [4.78, 5) is 6.82. The van der Waals surface area contributed by atoms with Crippen LogP contribution < -0.4 is 5.32 Å². The fourth-order valence-corrected chi connectivity index (χ4v) is 2.76. The van der Waals surface area contributed by atoms with E-state index in [4.69, 9.17) is 5.11 Å². The van der Waals surface area contributed by atoms with Crippen LogP contribution in [0.15, 0.2) is 6.07 Å². The van der Waals surface area contributed by atoms with E-state index in [-0.39, 0.29) is 6.61 Å². The number of likely N-dealkylation sites (N-methyl/N-ethyl adjacent to an activating group) is 1. The van der Waals surface area contributed by atoms with Crippen molar-refractivity contribution >= 4 is 5.82 Å². The molecule has 21 heavy (non-hydrogen) atoms. The summed E-state index contributed by atoms with van der Waals surface area (Å²) in [6.45, 7) is 5.41. The molecule has 0 atom stereocenters. The molecule has 0 bridgehead atoms. The Morgan fingerprint density at radius 1 is 1.38 bits per heavy atom. The molecule has 0 unspecified atom stereocenters. The molecule has 5 heteroatoms. The van der Waals surface area contributed by atoms with Crippen LogP contribution in [0.4, 0.5) is 5.82 Å². The van der Waals surface area contributed by atoms with Crippen LogP contribution in [0.5, 0.6) is 0 Å². The van der Waals surface area contributed by atoms with Gasteiger partial charge in [0.1, 0.15) is 11.9 Å². The lowest BCUT2D eigenvalue weighted by molar-refractivity contribution is 0.206. The second-order valence-electron chi connectivity index (χ2n) is 5.39. The number of hydrogen-bond acceptors (Lipinski definition) is 5. The van der Waals surface area contributed by atoms with Crippen LogP contribution in [0.2, 0.25) is 0 Å². The van der Waals surface area contributed by atoms with Gasteiger partial charge in [0.15, 0.2) is 0 Å². The van der Waals surface area contributed by atoms with Crippen molar-refractivity contribution in [1.82, 2.24) is 9.88 Å². The quantitative estimate of drug-likeness (QED) is 0.796. The van der Waals surface area contributed by atoms with Gasteiger partial charge in [-0.1, -0.05) is 6.92 Å². The number of nitrogens with one attached hydrogen (secondary N) is 1. The molecule has 0 saturated carbocycles. The summed E-state index contributed by atoms with van der Waals surface area (Å²) in [5.41, 5.74) is 3.02. The highest BCUT2D eigenvalue weighted by molar-refractivity contribution is 5.54. The number of aliphatic hydroxyl groups excluding tert-OH is 1. The van der Waals surface area contributed by atoms with Gasteiger partial charge in [0.05, 0.1) is 12.2 Å². The minimum Gasteiger partial charge on any atom is -0.395 e. The molecule has 1 aromatic rings. The molecule has 0 amide bonds. The first-order valence-corrected chi connectivity index (χ1v) is 7.78. The third kappa shape index (κ3) is 4.16. The standard InChI is InChI=1S/C16H24N4O/c1-2-20(9-10-21)8-7-18-16-14(12-17)11-13-5-3-4-6-15(13)19-16/h11,21H,2-10H2,1H3,(H,18,19). The van der Waals surface area contributed by atoms with Crippen molar-refractivity contribution in [2.75, 3.05) is 38.1 Å². The van der Waals surface area contributed by atoms with E-state index >= 15 is 0 Å². The van der Waals surface area contributed by atoms with Gasteiger partial charge in [0, 0.05) is 25.3 Å². The van der Waals surface area contributed by atoms with Gasteiger partial charge in [-0.3, -0.25) is 4.90 Å². The first-order chi connectivity index (χ1) is 10.3. The Balaban J connectivity index is 2.00. The van der Waals surface area contributed by atoms with E-state index < -0.39 is 0 Å². The van der Waals surface area contributed by atoms with Crippen LogP contribution in [0.3, 0.4) is 0 Å². The Labute approximate surface area is 126 Å². The predicted octanol–water partition coefficient (Wildman–Crippen LogP) is 1.56. The Morgan fingerprint density at radius 3 is 2.90 bits per heavy atom. The van der Waals surface area contributed by atoms with Crippen molar-refractivity contribution < 1.29 is 5.11 Å². The van der Waals surface area contributed by atoms with Gasteiger partial charge in [0.2, 0.25) is 0 Å². The number of hydrogen-bond donors (Lipinski definition) is 2. The van der Waals surface area contributed by atoms with E-state index in [1.165, 1.54) is 18.4 Å². The van der Waals surface area contributed by atoms with Crippen LogP contribution in [-0.4, -0.2) is 47.8 Å². The minimum atomic E-state index is 0.175. The number of aryl methyl sites for hydroxylation is 2. The van der Waals surface area contributed by atoms with E-state index in [2.05, 4.69) is 28.2 Å². The Kier molecular flexibility index (Phi) is 5.97. The number of anilines is 1. The average Bonchev–Trinajstić information content (AvgIpc) is 2.53. The molecular weight excluding hydrogens is 264 g/mol. The zero-order valence-corrected chi connectivity index (χ0v) is 12.7. The number of fused-ring (bicyclic) bond motifs is 1. The maximum Gasteiger partial charge on any atom is 0.144 e.